The maximum atomic E-state index is 11.6. The monoisotopic (exact) mass is 284 g/mol. The Bertz CT molecular complexity index is 557. The third-order valence-corrected chi connectivity index (χ3v) is 4.60. The first kappa shape index (κ1) is 14.3. The Morgan fingerprint density at radius 2 is 2.21 bits per heavy atom. The van der Waals surface area contributed by atoms with E-state index in [1.807, 2.05) is 6.07 Å². The topological polar surface area (TPSA) is 83.6 Å². The van der Waals surface area contributed by atoms with Crippen LogP contribution in [0.25, 0.3) is 0 Å². The van der Waals surface area contributed by atoms with Crippen molar-refractivity contribution in [3.8, 4) is 0 Å². The minimum Gasteiger partial charge on any atom is -0.388 e. The molecule has 0 saturated heterocycles. The molecule has 1 aliphatic rings. The van der Waals surface area contributed by atoms with E-state index in [2.05, 4.69) is 0 Å². The highest BCUT2D eigenvalue weighted by Crippen LogP contribution is 2.32. The molecule has 5 nitrogen and oxygen atoms in total. The van der Waals surface area contributed by atoms with Gasteiger partial charge in [0.25, 0.3) is 0 Å². The lowest BCUT2D eigenvalue weighted by atomic mass is 10.0. The third-order valence-electron chi connectivity index (χ3n) is 3.42. The number of aliphatic hydroxyl groups is 1. The van der Waals surface area contributed by atoms with E-state index in [1.54, 1.807) is 12.1 Å². The first-order chi connectivity index (χ1) is 8.93. The summed E-state index contributed by atoms with van der Waals surface area (Å²) in [5.41, 5.74) is 7.98. The van der Waals surface area contributed by atoms with Crippen LogP contribution in [0.4, 0.5) is 5.69 Å². The Balaban J connectivity index is 2.23. The molecule has 0 aromatic heterocycles. The van der Waals surface area contributed by atoms with Gasteiger partial charge in [0.1, 0.15) is 0 Å². The Kier molecular flexibility index (Phi) is 4.13. The van der Waals surface area contributed by atoms with Gasteiger partial charge in [-0.25, -0.2) is 8.42 Å². The molecule has 0 aliphatic carbocycles. The van der Waals surface area contributed by atoms with Crippen molar-refractivity contribution in [3.63, 3.8) is 0 Å². The van der Waals surface area contributed by atoms with Crippen LogP contribution in [0.2, 0.25) is 0 Å². The molecule has 1 aliphatic heterocycles. The summed E-state index contributed by atoms with van der Waals surface area (Å²) in [5, 5.41) is 10.0. The molecule has 0 radical (unpaired) electrons. The van der Waals surface area contributed by atoms with E-state index in [1.165, 1.54) is 10.6 Å². The van der Waals surface area contributed by atoms with Crippen LogP contribution in [0.1, 0.15) is 30.1 Å². The fraction of sp³-hybridized carbons (Fsp3) is 0.538. The Labute approximate surface area is 114 Å². The number of hydrogen-bond donors (Lipinski definition) is 2. The third kappa shape index (κ3) is 3.08. The summed E-state index contributed by atoms with van der Waals surface area (Å²) in [5.74, 6) is 0. The zero-order chi connectivity index (χ0) is 14.0. The molecular formula is C13H20N2O3S. The van der Waals surface area contributed by atoms with Crippen molar-refractivity contribution in [2.45, 2.75) is 25.4 Å². The highest BCUT2D eigenvalue weighted by Gasteiger charge is 2.26. The van der Waals surface area contributed by atoms with Crippen LogP contribution < -0.4 is 10.0 Å². The Morgan fingerprint density at radius 1 is 1.47 bits per heavy atom. The van der Waals surface area contributed by atoms with Crippen LogP contribution >= 0.6 is 0 Å². The second kappa shape index (κ2) is 5.48. The molecule has 0 amide bonds. The van der Waals surface area contributed by atoms with E-state index in [0.29, 0.717) is 25.9 Å². The van der Waals surface area contributed by atoms with Crippen LogP contribution in [-0.4, -0.2) is 32.9 Å². The van der Waals surface area contributed by atoms with Gasteiger partial charge in [0, 0.05) is 6.54 Å². The summed E-state index contributed by atoms with van der Waals surface area (Å²) >= 11 is 0. The van der Waals surface area contributed by atoms with Crippen molar-refractivity contribution in [2.24, 2.45) is 5.73 Å². The van der Waals surface area contributed by atoms with Crippen molar-refractivity contribution in [3.05, 3.63) is 29.3 Å². The fourth-order valence-electron chi connectivity index (χ4n) is 2.42. The van der Waals surface area contributed by atoms with Crippen LogP contribution in [0, 0.1) is 0 Å². The average molecular weight is 284 g/mol. The maximum Gasteiger partial charge on any atom is 0.232 e. The first-order valence-electron chi connectivity index (χ1n) is 6.42. The second-order valence-electron chi connectivity index (χ2n) is 4.92. The van der Waals surface area contributed by atoms with E-state index in [0.717, 1.165) is 23.2 Å². The fourth-order valence-corrected chi connectivity index (χ4v) is 3.38. The normalized spacial score (nSPS) is 16.5. The van der Waals surface area contributed by atoms with E-state index < -0.39 is 16.1 Å². The minimum atomic E-state index is -3.21. The summed E-state index contributed by atoms with van der Waals surface area (Å²) in [6, 6.07) is 5.48. The van der Waals surface area contributed by atoms with E-state index in [4.69, 9.17) is 5.73 Å². The SMILES string of the molecule is CS(=O)(=O)N1CCc2cc(C(O)CCCN)ccc21. The zero-order valence-electron chi connectivity index (χ0n) is 11.0. The number of benzene rings is 1. The molecule has 0 bridgehead atoms. The first-order valence-corrected chi connectivity index (χ1v) is 8.27. The molecule has 2 rings (SSSR count). The molecule has 19 heavy (non-hydrogen) atoms. The average Bonchev–Trinajstić information content (AvgIpc) is 2.78. The zero-order valence-corrected chi connectivity index (χ0v) is 11.9. The van der Waals surface area contributed by atoms with Gasteiger partial charge >= 0.3 is 0 Å². The largest absolute Gasteiger partial charge is 0.388 e. The summed E-state index contributed by atoms with van der Waals surface area (Å²) in [6.45, 7) is 1.04. The predicted octanol–water partition coefficient (Wildman–Crippen LogP) is 0.781. The van der Waals surface area contributed by atoms with Gasteiger partial charge in [0.05, 0.1) is 18.0 Å². The molecule has 1 aromatic rings. The quantitative estimate of drug-likeness (QED) is 0.837. The van der Waals surface area contributed by atoms with Crippen LogP contribution in [0.5, 0.6) is 0 Å². The number of nitrogens with zero attached hydrogens (tertiary/aromatic N) is 1. The summed E-state index contributed by atoms with van der Waals surface area (Å²) in [7, 11) is -3.21. The number of hydrogen-bond acceptors (Lipinski definition) is 4. The number of aliphatic hydroxyl groups excluding tert-OH is 1. The second-order valence-corrected chi connectivity index (χ2v) is 6.83. The molecule has 106 valence electrons. The standard InChI is InChI=1S/C13H20N2O3S/c1-19(17,18)15-8-6-10-9-11(4-5-12(10)15)13(16)3-2-7-14/h4-5,9,13,16H,2-3,6-8,14H2,1H3. The summed E-state index contributed by atoms with van der Waals surface area (Å²) in [6.07, 6.45) is 2.78. The number of nitrogens with two attached hydrogens (primary N) is 1. The van der Waals surface area contributed by atoms with Gasteiger partial charge in [-0.3, -0.25) is 4.31 Å². The highest BCUT2D eigenvalue weighted by molar-refractivity contribution is 7.92. The number of anilines is 1. The van der Waals surface area contributed by atoms with Gasteiger partial charge in [0.15, 0.2) is 0 Å². The molecule has 0 saturated carbocycles. The van der Waals surface area contributed by atoms with Crippen LogP contribution in [-0.2, 0) is 16.4 Å². The molecule has 6 heteroatoms. The molecule has 1 aromatic carbocycles. The lowest BCUT2D eigenvalue weighted by Crippen LogP contribution is -2.27. The molecule has 1 unspecified atom stereocenters. The van der Waals surface area contributed by atoms with Crippen LogP contribution in [0.15, 0.2) is 18.2 Å². The van der Waals surface area contributed by atoms with E-state index in [-0.39, 0.29) is 0 Å². The predicted molar refractivity (Wildman–Crippen MR) is 75.6 cm³/mol. The van der Waals surface area contributed by atoms with Gasteiger partial charge < -0.3 is 10.8 Å². The van der Waals surface area contributed by atoms with Gasteiger partial charge in [-0.05, 0) is 43.0 Å². The van der Waals surface area contributed by atoms with E-state index in [9.17, 15) is 13.5 Å². The highest BCUT2D eigenvalue weighted by atomic mass is 32.2. The molecule has 0 fully saturated rings. The summed E-state index contributed by atoms with van der Waals surface area (Å²) < 4.78 is 24.7. The Hall–Kier alpha value is -1.11. The van der Waals surface area contributed by atoms with Gasteiger partial charge in [-0.1, -0.05) is 12.1 Å². The van der Waals surface area contributed by atoms with Crippen LogP contribution in [0.3, 0.4) is 0 Å². The minimum absolute atomic E-state index is 0.483. The lowest BCUT2D eigenvalue weighted by molar-refractivity contribution is 0.165. The lowest BCUT2D eigenvalue weighted by Gasteiger charge is -2.17. The molecule has 0 spiro atoms. The van der Waals surface area contributed by atoms with E-state index >= 15 is 0 Å². The molecule has 3 N–H and O–H groups in total. The number of sulfonamides is 1. The van der Waals surface area contributed by atoms with Crippen molar-refractivity contribution in [1.29, 1.82) is 0 Å². The van der Waals surface area contributed by atoms with Crippen molar-refractivity contribution in [1.82, 2.24) is 0 Å². The molecule has 1 heterocycles. The Morgan fingerprint density at radius 3 is 2.84 bits per heavy atom. The number of rotatable bonds is 5. The van der Waals surface area contributed by atoms with Crippen molar-refractivity contribution >= 4 is 15.7 Å². The van der Waals surface area contributed by atoms with Crippen molar-refractivity contribution < 1.29 is 13.5 Å². The number of fused-ring (bicyclic) bond motifs is 1. The maximum absolute atomic E-state index is 11.6. The molecular weight excluding hydrogens is 264 g/mol. The van der Waals surface area contributed by atoms with Gasteiger partial charge in [0.2, 0.25) is 10.0 Å². The molecule has 1 atom stereocenters. The summed E-state index contributed by atoms with van der Waals surface area (Å²) in [4.78, 5) is 0. The van der Waals surface area contributed by atoms with Gasteiger partial charge in [-0.2, -0.15) is 0 Å². The van der Waals surface area contributed by atoms with Gasteiger partial charge in [-0.15, -0.1) is 0 Å². The smallest absolute Gasteiger partial charge is 0.232 e. The van der Waals surface area contributed by atoms with Crippen molar-refractivity contribution in [2.75, 3.05) is 23.7 Å².